The molecule has 4 fully saturated rings. The van der Waals surface area contributed by atoms with Gasteiger partial charge >= 0.3 is 11.9 Å². The Hall–Kier alpha value is -4.74. The van der Waals surface area contributed by atoms with Gasteiger partial charge in [-0.25, -0.2) is 9.59 Å². The third-order valence-corrected chi connectivity index (χ3v) is 13.1. The van der Waals surface area contributed by atoms with Crippen LogP contribution in [0.2, 0.25) is 0 Å². The first-order chi connectivity index (χ1) is 29.8. The van der Waals surface area contributed by atoms with Gasteiger partial charge in [0.25, 0.3) is 0 Å². The summed E-state index contributed by atoms with van der Waals surface area (Å²) >= 11 is 0. The molecule has 4 aromatic rings. The largest absolute Gasteiger partial charge is 0.494 e. The topological polar surface area (TPSA) is 115 Å². The average Bonchev–Trinajstić information content (AvgIpc) is 4.21. The minimum absolute atomic E-state index is 0.429. The van der Waals surface area contributed by atoms with Crippen molar-refractivity contribution in [1.82, 2.24) is 0 Å². The van der Waals surface area contributed by atoms with Gasteiger partial charge in [-0.1, -0.05) is 26.0 Å². The molecule has 3 aliphatic carbocycles. The van der Waals surface area contributed by atoms with E-state index >= 15 is 0 Å². The van der Waals surface area contributed by atoms with E-state index < -0.39 is 17.4 Å². The molecule has 5 aliphatic rings. The Morgan fingerprint density at radius 2 is 0.934 bits per heavy atom. The summed E-state index contributed by atoms with van der Waals surface area (Å²) in [6.07, 6.45) is 12.8. The van der Waals surface area contributed by atoms with Gasteiger partial charge in [-0.15, -0.1) is 0 Å². The number of fused-ring (bicyclic) bond motifs is 5. The van der Waals surface area contributed by atoms with Crippen LogP contribution in [0, 0.1) is 11.8 Å². The molecule has 10 heteroatoms. The highest BCUT2D eigenvalue weighted by Crippen LogP contribution is 2.51. The Bertz CT molecular complexity index is 1990. The van der Waals surface area contributed by atoms with Crippen LogP contribution in [0.1, 0.15) is 110 Å². The maximum atomic E-state index is 13.2. The van der Waals surface area contributed by atoms with Crippen molar-refractivity contribution in [3.8, 4) is 34.1 Å². The maximum Gasteiger partial charge on any atom is 0.343 e. The highest BCUT2D eigenvalue weighted by atomic mass is 16.6. The van der Waals surface area contributed by atoms with Crippen LogP contribution in [0.15, 0.2) is 84.9 Å². The number of esters is 2. The number of carbonyl (C=O) groups is 2. The van der Waals surface area contributed by atoms with Crippen molar-refractivity contribution in [2.24, 2.45) is 11.8 Å². The molecule has 0 amide bonds. The molecule has 0 bridgehead atoms. The fourth-order valence-electron chi connectivity index (χ4n) is 9.30. The second-order valence-corrected chi connectivity index (χ2v) is 17.9. The average molecular weight is 831 g/mol. The van der Waals surface area contributed by atoms with Crippen molar-refractivity contribution in [3.63, 3.8) is 0 Å². The van der Waals surface area contributed by atoms with E-state index in [9.17, 15) is 9.59 Å². The van der Waals surface area contributed by atoms with Crippen LogP contribution in [0.3, 0.4) is 0 Å². The standard InChI is InChI=1S/C51H58O10/c1-51(2)43-29-39(58-49(52)35-9-13-37(14-10-35)56-25-5-3-23-54-31-33-7-21-45-47(27-33)60-45)17-19-41(43)42-20-18-40(30-44(42)51)59-50(53)36-11-15-38(16-12-36)57-26-6-4-24-55-32-34-8-22-46-48(28-34)61-46/h9-20,29-30,33-34,45-48H,3-8,21-28,31-32H2,1-2H3. The molecule has 2 saturated heterocycles. The van der Waals surface area contributed by atoms with E-state index in [1.54, 1.807) is 48.5 Å². The van der Waals surface area contributed by atoms with Gasteiger partial charge in [0.1, 0.15) is 23.0 Å². The molecule has 9 rings (SSSR count). The number of hydrogen-bond donors (Lipinski definition) is 0. The van der Waals surface area contributed by atoms with Crippen LogP contribution >= 0.6 is 0 Å². The summed E-state index contributed by atoms with van der Waals surface area (Å²) in [6.45, 7) is 8.55. The Kier molecular flexibility index (Phi) is 12.8. The predicted octanol–water partition coefficient (Wildman–Crippen LogP) is 9.92. The molecule has 0 radical (unpaired) electrons. The van der Waals surface area contributed by atoms with Gasteiger partial charge in [0.2, 0.25) is 0 Å². The molecule has 0 aromatic heterocycles. The number of rotatable bonds is 20. The van der Waals surface area contributed by atoms with E-state index in [4.69, 9.17) is 37.9 Å². The summed E-state index contributed by atoms with van der Waals surface area (Å²) in [5, 5.41) is 0. The lowest BCUT2D eigenvalue weighted by Gasteiger charge is -2.22. The smallest absolute Gasteiger partial charge is 0.343 e. The molecule has 322 valence electrons. The minimum atomic E-state index is -0.439. The lowest BCUT2D eigenvalue weighted by Crippen LogP contribution is -2.18. The summed E-state index contributed by atoms with van der Waals surface area (Å²) in [5.41, 5.74) is 4.61. The van der Waals surface area contributed by atoms with Gasteiger partial charge in [0.05, 0.1) is 48.8 Å². The highest BCUT2D eigenvalue weighted by Gasteiger charge is 2.44. The zero-order valence-electron chi connectivity index (χ0n) is 35.4. The third-order valence-electron chi connectivity index (χ3n) is 13.1. The predicted molar refractivity (Wildman–Crippen MR) is 230 cm³/mol. The number of benzene rings is 4. The second-order valence-electron chi connectivity index (χ2n) is 17.9. The summed E-state index contributed by atoms with van der Waals surface area (Å²) in [5.74, 6) is 2.74. The number of unbranched alkanes of at least 4 members (excludes halogenated alkanes) is 2. The molecule has 0 spiro atoms. The Balaban J connectivity index is 0.697. The van der Waals surface area contributed by atoms with E-state index in [0.29, 0.717) is 83.6 Å². The van der Waals surface area contributed by atoms with E-state index in [0.717, 1.165) is 87.2 Å². The fraction of sp³-hybridized carbons (Fsp3) is 0.490. The highest BCUT2D eigenvalue weighted by molar-refractivity contribution is 5.92. The number of epoxide rings is 2. The first-order valence-corrected chi connectivity index (χ1v) is 22.4. The Labute approximate surface area is 359 Å². The van der Waals surface area contributed by atoms with Crippen molar-refractivity contribution >= 4 is 11.9 Å². The maximum absolute atomic E-state index is 13.2. The van der Waals surface area contributed by atoms with Gasteiger partial charge in [0.15, 0.2) is 0 Å². The normalized spacial score (nSPS) is 23.8. The third kappa shape index (κ3) is 10.3. The molecule has 4 aromatic carbocycles. The van der Waals surface area contributed by atoms with Gasteiger partial charge in [-0.2, -0.15) is 0 Å². The van der Waals surface area contributed by atoms with Gasteiger partial charge in [-0.3, -0.25) is 0 Å². The number of ether oxygens (including phenoxy) is 8. The molecule has 61 heavy (non-hydrogen) atoms. The summed E-state index contributed by atoms with van der Waals surface area (Å²) in [4.78, 5) is 26.4. The van der Waals surface area contributed by atoms with Crippen molar-refractivity contribution < 1.29 is 47.5 Å². The zero-order chi connectivity index (χ0) is 41.8. The molecule has 10 nitrogen and oxygen atoms in total. The summed E-state index contributed by atoms with van der Waals surface area (Å²) in [7, 11) is 0. The first-order valence-electron chi connectivity index (χ1n) is 22.4. The quantitative estimate of drug-likeness (QED) is 0.0369. The van der Waals surface area contributed by atoms with Crippen LogP contribution in [0.25, 0.3) is 11.1 Å². The van der Waals surface area contributed by atoms with Crippen molar-refractivity contribution in [3.05, 3.63) is 107 Å². The van der Waals surface area contributed by atoms with E-state index in [-0.39, 0.29) is 0 Å². The van der Waals surface area contributed by atoms with Crippen LogP contribution in [0.4, 0.5) is 0 Å². The molecule has 0 N–H and O–H groups in total. The zero-order valence-corrected chi connectivity index (χ0v) is 35.4. The van der Waals surface area contributed by atoms with Gasteiger partial charge in [-0.05, 0) is 171 Å². The molecular formula is C51H58O10. The van der Waals surface area contributed by atoms with Crippen molar-refractivity contribution in [2.45, 2.75) is 108 Å². The van der Waals surface area contributed by atoms with Crippen molar-refractivity contribution in [1.29, 1.82) is 0 Å². The van der Waals surface area contributed by atoms with E-state index in [1.807, 2.05) is 36.4 Å². The lowest BCUT2D eigenvalue weighted by molar-refractivity contribution is 0.0725. The SMILES string of the molecule is CC1(C)c2cc(OC(=O)c3ccc(OCCCCOCC4CCC5OC5C4)cc3)ccc2-c2ccc(OC(=O)c3ccc(OCCCCOCC4CCC5OC5C4)cc3)cc21. The van der Waals surface area contributed by atoms with E-state index in [2.05, 4.69) is 13.8 Å². The molecule has 2 aliphatic heterocycles. The van der Waals surface area contributed by atoms with E-state index in [1.165, 1.54) is 25.7 Å². The molecule has 2 saturated carbocycles. The molecule has 2 heterocycles. The lowest BCUT2D eigenvalue weighted by atomic mass is 9.82. The minimum Gasteiger partial charge on any atom is -0.494 e. The molecule has 6 unspecified atom stereocenters. The number of carbonyl (C=O) groups excluding carboxylic acids is 2. The first kappa shape index (κ1) is 41.6. The van der Waals surface area contributed by atoms with Crippen molar-refractivity contribution in [2.75, 3.05) is 39.6 Å². The summed E-state index contributed by atoms with van der Waals surface area (Å²) < 4.78 is 46.6. The Morgan fingerprint density at radius 3 is 1.36 bits per heavy atom. The van der Waals surface area contributed by atoms with Crippen LogP contribution in [0.5, 0.6) is 23.0 Å². The second kappa shape index (κ2) is 18.7. The van der Waals surface area contributed by atoms with Crippen LogP contribution in [-0.2, 0) is 24.4 Å². The monoisotopic (exact) mass is 830 g/mol. The summed E-state index contributed by atoms with van der Waals surface area (Å²) in [6, 6.07) is 25.6. The van der Waals surface area contributed by atoms with Gasteiger partial charge < -0.3 is 37.9 Å². The van der Waals surface area contributed by atoms with Crippen LogP contribution in [-0.4, -0.2) is 76.0 Å². The molecular weight excluding hydrogens is 773 g/mol. The molecule has 6 atom stereocenters. The Morgan fingerprint density at radius 1 is 0.525 bits per heavy atom. The fourth-order valence-corrected chi connectivity index (χ4v) is 9.30. The van der Waals surface area contributed by atoms with Gasteiger partial charge in [0, 0.05) is 31.8 Å². The number of hydrogen-bond acceptors (Lipinski definition) is 10. The van der Waals surface area contributed by atoms with Crippen LogP contribution < -0.4 is 18.9 Å².